The van der Waals surface area contributed by atoms with Gasteiger partial charge in [-0.05, 0) is 46.6 Å². The molecule has 6 nitrogen and oxygen atoms in total. The molecule has 140 valence electrons. The van der Waals surface area contributed by atoms with Gasteiger partial charge in [-0.25, -0.2) is 8.42 Å². The molecule has 0 saturated carbocycles. The Labute approximate surface area is 162 Å². The molecule has 0 fully saturated rings. The molecule has 8 heteroatoms. The molecule has 0 heterocycles. The number of hydrogen-bond donors (Lipinski definition) is 1. The highest BCUT2D eigenvalue weighted by molar-refractivity contribution is 9.10. The standard InChI is InChI=1S/C18H21BrN2O4S/c1-25-15-8-5-7-14(13-15)21(26(2,23)24)12-6-11-18(22)20-17-10-4-3-9-16(17)19/h3-5,7-10,13H,6,11-12H2,1-2H3,(H,20,22). The minimum Gasteiger partial charge on any atom is -0.497 e. The number of ether oxygens (including phenoxy) is 1. The predicted molar refractivity (Wildman–Crippen MR) is 107 cm³/mol. The molecular formula is C18H21BrN2O4S. The number of methoxy groups -OCH3 is 1. The van der Waals surface area contributed by atoms with Gasteiger partial charge in [-0.2, -0.15) is 0 Å². The van der Waals surface area contributed by atoms with Crippen molar-refractivity contribution >= 4 is 43.2 Å². The third-order valence-corrected chi connectivity index (χ3v) is 5.54. The summed E-state index contributed by atoms with van der Waals surface area (Å²) in [5.41, 5.74) is 1.20. The number of sulfonamides is 1. The lowest BCUT2D eigenvalue weighted by atomic mass is 10.2. The summed E-state index contributed by atoms with van der Waals surface area (Å²) >= 11 is 3.37. The molecule has 0 aliphatic carbocycles. The van der Waals surface area contributed by atoms with Crippen molar-refractivity contribution in [2.75, 3.05) is 29.5 Å². The zero-order chi connectivity index (χ0) is 19.2. The first kappa shape index (κ1) is 20.3. The van der Waals surface area contributed by atoms with E-state index in [0.717, 1.165) is 10.7 Å². The normalized spacial score (nSPS) is 11.0. The summed E-state index contributed by atoms with van der Waals surface area (Å²) in [5.74, 6) is 0.402. The second kappa shape index (κ2) is 9.05. The molecule has 0 aromatic heterocycles. The lowest BCUT2D eigenvalue weighted by Crippen LogP contribution is -2.31. The lowest BCUT2D eigenvalue weighted by Gasteiger charge is -2.22. The molecule has 0 aliphatic heterocycles. The van der Waals surface area contributed by atoms with Gasteiger partial charge in [0, 0.05) is 23.5 Å². The lowest BCUT2D eigenvalue weighted by molar-refractivity contribution is -0.116. The molecule has 26 heavy (non-hydrogen) atoms. The molecule has 1 N–H and O–H groups in total. The van der Waals surface area contributed by atoms with Gasteiger partial charge in [0.1, 0.15) is 5.75 Å². The summed E-state index contributed by atoms with van der Waals surface area (Å²) < 4.78 is 31.5. The Morgan fingerprint density at radius 1 is 1.19 bits per heavy atom. The number of halogens is 1. The number of rotatable bonds is 8. The molecule has 0 unspecified atom stereocenters. The Hall–Kier alpha value is -2.06. The van der Waals surface area contributed by atoms with E-state index in [4.69, 9.17) is 4.74 Å². The maximum Gasteiger partial charge on any atom is 0.232 e. The summed E-state index contributed by atoms with van der Waals surface area (Å²) in [7, 11) is -1.94. The van der Waals surface area contributed by atoms with Crippen molar-refractivity contribution in [2.45, 2.75) is 12.8 Å². The Morgan fingerprint density at radius 2 is 1.92 bits per heavy atom. The minimum atomic E-state index is -3.47. The van der Waals surface area contributed by atoms with Crippen molar-refractivity contribution in [1.82, 2.24) is 0 Å². The van der Waals surface area contributed by atoms with Crippen molar-refractivity contribution in [2.24, 2.45) is 0 Å². The van der Waals surface area contributed by atoms with E-state index >= 15 is 0 Å². The summed E-state index contributed by atoms with van der Waals surface area (Å²) in [6.45, 7) is 0.204. The van der Waals surface area contributed by atoms with Crippen molar-refractivity contribution in [3.63, 3.8) is 0 Å². The van der Waals surface area contributed by atoms with Gasteiger partial charge in [-0.1, -0.05) is 18.2 Å². The van der Waals surface area contributed by atoms with E-state index in [-0.39, 0.29) is 18.9 Å². The number of anilines is 2. The van der Waals surface area contributed by atoms with Gasteiger partial charge in [0.25, 0.3) is 0 Å². The molecule has 0 saturated heterocycles. The number of para-hydroxylation sites is 1. The van der Waals surface area contributed by atoms with E-state index in [1.165, 1.54) is 11.4 Å². The summed E-state index contributed by atoms with van der Waals surface area (Å²) in [6, 6.07) is 14.1. The Morgan fingerprint density at radius 3 is 2.58 bits per heavy atom. The van der Waals surface area contributed by atoms with E-state index < -0.39 is 10.0 Å². The topological polar surface area (TPSA) is 75.7 Å². The average Bonchev–Trinajstić information content (AvgIpc) is 2.59. The third kappa shape index (κ3) is 5.74. The molecular weight excluding hydrogens is 420 g/mol. The Bertz CT molecular complexity index is 871. The fraction of sp³-hybridized carbons (Fsp3) is 0.278. The van der Waals surface area contributed by atoms with Gasteiger partial charge in [-0.3, -0.25) is 9.10 Å². The van der Waals surface area contributed by atoms with Gasteiger partial charge < -0.3 is 10.1 Å². The van der Waals surface area contributed by atoms with Crippen LogP contribution in [0.2, 0.25) is 0 Å². The molecule has 2 aromatic carbocycles. The number of hydrogen-bond acceptors (Lipinski definition) is 4. The van der Waals surface area contributed by atoms with Gasteiger partial charge in [0.15, 0.2) is 0 Å². The highest BCUT2D eigenvalue weighted by Gasteiger charge is 2.18. The fourth-order valence-corrected chi connectivity index (χ4v) is 3.75. The first-order chi connectivity index (χ1) is 12.3. The van der Waals surface area contributed by atoms with Crippen LogP contribution in [-0.2, 0) is 14.8 Å². The van der Waals surface area contributed by atoms with Crippen LogP contribution in [0.1, 0.15) is 12.8 Å². The van der Waals surface area contributed by atoms with Crippen LogP contribution in [-0.4, -0.2) is 34.2 Å². The second-order valence-electron chi connectivity index (χ2n) is 5.67. The maximum atomic E-state index is 12.1. The predicted octanol–water partition coefficient (Wildman–Crippen LogP) is 3.64. The number of amides is 1. The van der Waals surface area contributed by atoms with Crippen LogP contribution in [0.5, 0.6) is 5.75 Å². The number of nitrogens with one attached hydrogen (secondary N) is 1. The Kier molecular flexibility index (Phi) is 7.05. The zero-order valence-corrected chi connectivity index (χ0v) is 17.0. The fourth-order valence-electron chi connectivity index (χ4n) is 2.41. The number of carbonyl (C=O) groups is 1. The molecule has 1 amide bonds. The smallest absolute Gasteiger partial charge is 0.232 e. The highest BCUT2D eigenvalue weighted by atomic mass is 79.9. The van der Waals surface area contributed by atoms with Crippen LogP contribution in [0, 0.1) is 0 Å². The van der Waals surface area contributed by atoms with Crippen LogP contribution >= 0.6 is 15.9 Å². The van der Waals surface area contributed by atoms with Crippen LogP contribution in [0.25, 0.3) is 0 Å². The summed E-state index contributed by atoms with van der Waals surface area (Å²) in [4.78, 5) is 12.1. The first-order valence-electron chi connectivity index (χ1n) is 7.97. The number of nitrogens with zero attached hydrogens (tertiary/aromatic N) is 1. The maximum absolute atomic E-state index is 12.1. The average molecular weight is 441 g/mol. The van der Waals surface area contributed by atoms with Crippen molar-refractivity contribution in [3.8, 4) is 5.75 Å². The van der Waals surface area contributed by atoms with Crippen LogP contribution in [0.15, 0.2) is 53.0 Å². The molecule has 0 aliphatic rings. The summed E-state index contributed by atoms with van der Waals surface area (Å²) in [6.07, 6.45) is 1.74. The van der Waals surface area contributed by atoms with Crippen LogP contribution in [0.3, 0.4) is 0 Å². The van der Waals surface area contributed by atoms with Gasteiger partial charge in [-0.15, -0.1) is 0 Å². The van der Waals surface area contributed by atoms with Gasteiger partial charge >= 0.3 is 0 Å². The molecule has 0 radical (unpaired) electrons. The quantitative estimate of drug-likeness (QED) is 0.679. The Balaban J connectivity index is 1.99. The molecule has 2 aromatic rings. The largest absolute Gasteiger partial charge is 0.497 e. The third-order valence-electron chi connectivity index (χ3n) is 3.65. The van der Waals surface area contributed by atoms with Gasteiger partial charge in [0.2, 0.25) is 15.9 Å². The van der Waals surface area contributed by atoms with Gasteiger partial charge in [0.05, 0.1) is 24.7 Å². The molecule has 0 atom stereocenters. The van der Waals surface area contributed by atoms with Crippen molar-refractivity contribution in [3.05, 3.63) is 53.0 Å². The second-order valence-corrected chi connectivity index (χ2v) is 8.43. The van der Waals surface area contributed by atoms with Crippen LogP contribution < -0.4 is 14.4 Å². The van der Waals surface area contributed by atoms with Crippen molar-refractivity contribution < 1.29 is 17.9 Å². The molecule has 0 spiro atoms. The van der Waals surface area contributed by atoms with E-state index in [0.29, 0.717) is 23.5 Å². The van der Waals surface area contributed by atoms with E-state index in [1.807, 2.05) is 18.2 Å². The SMILES string of the molecule is COc1cccc(N(CCCC(=O)Nc2ccccc2Br)S(C)(=O)=O)c1. The first-order valence-corrected chi connectivity index (χ1v) is 10.6. The zero-order valence-electron chi connectivity index (χ0n) is 14.6. The van der Waals surface area contributed by atoms with E-state index in [9.17, 15) is 13.2 Å². The van der Waals surface area contributed by atoms with Crippen LogP contribution in [0.4, 0.5) is 11.4 Å². The molecule has 2 rings (SSSR count). The van der Waals surface area contributed by atoms with E-state index in [1.54, 1.807) is 30.3 Å². The molecule has 0 bridgehead atoms. The minimum absolute atomic E-state index is 0.170. The highest BCUT2D eigenvalue weighted by Crippen LogP contribution is 2.24. The van der Waals surface area contributed by atoms with Crippen molar-refractivity contribution in [1.29, 1.82) is 0 Å². The van der Waals surface area contributed by atoms with E-state index in [2.05, 4.69) is 21.2 Å². The monoisotopic (exact) mass is 440 g/mol. The number of benzene rings is 2. The number of carbonyl (C=O) groups excluding carboxylic acids is 1. The summed E-state index contributed by atoms with van der Waals surface area (Å²) in [5, 5.41) is 2.81.